The standard InChI is InChI=1S/C23H23ClFN7O2/c1-5-16-20(14-7-9-15(25)10-8-14)31(4)30-22(16)28-17-11-18(27-12-26-17)32-21(23(33)34-6-2)19(24)13(3)29-32/h7-12H,5-6H2,1-4H3,(H,26,27,28,30). The van der Waals surface area contributed by atoms with Gasteiger partial charge in [-0.1, -0.05) is 18.5 Å². The monoisotopic (exact) mass is 483 g/mol. The molecule has 4 aromatic rings. The van der Waals surface area contributed by atoms with Gasteiger partial charge in [0.2, 0.25) is 0 Å². The van der Waals surface area contributed by atoms with Gasteiger partial charge in [0.05, 0.1) is 23.0 Å². The van der Waals surface area contributed by atoms with Crippen LogP contribution >= 0.6 is 11.6 Å². The number of benzene rings is 1. The van der Waals surface area contributed by atoms with Crippen LogP contribution in [-0.2, 0) is 18.2 Å². The van der Waals surface area contributed by atoms with Gasteiger partial charge in [0.1, 0.15) is 18.0 Å². The van der Waals surface area contributed by atoms with Crippen molar-refractivity contribution in [2.45, 2.75) is 27.2 Å². The highest BCUT2D eigenvalue weighted by molar-refractivity contribution is 6.34. The van der Waals surface area contributed by atoms with Crippen molar-refractivity contribution in [2.75, 3.05) is 11.9 Å². The van der Waals surface area contributed by atoms with Gasteiger partial charge in [0.15, 0.2) is 17.3 Å². The van der Waals surface area contributed by atoms with Crippen LogP contribution in [-0.4, -0.2) is 42.1 Å². The molecule has 0 aliphatic rings. The molecule has 1 N–H and O–H groups in total. The number of halogens is 2. The van der Waals surface area contributed by atoms with Gasteiger partial charge in [-0.05, 0) is 44.5 Å². The van der Waals surface area contributed by atoms with Crippen molar-refractivity contribution in [3.05, 3.63) is 64.5 Å². The van der Waals surface area contributed by atoms with Crippen LogP contribution in [0.5, 0.6) is 0 Å². The Kier molecular flexibility index (Phi) is 6.60. The van der Waals surface area contributed by atoms with Crippen LogP contribution in [0.2, 0.25) is 5.02 Å². The molecular formula is C23H23ClFN7O2. The van der Waals surface area contributed by atoms with Crippen LogP contribution in [0.25, 0.3) is 17.1 Å². The second kappa shape index (κ2) is 9.60. The summed E-state index contributed by atoms with van der Waals surface area (Å²) in [5.41, 5.74) is 3.24. The van der Waals surface area contributed by atoms with Gasteiger partial charge in [-0.3, -0.25) is 4.68 Å². The first-order valence-corrected chi connectivity index (χ1v) is 11.0. The average molecular weight is 484 g/mol. The van der Waals surface area contributed by atoms with Crippen molar-refractivity contribution in [1.82, 2.24) is 29.5 Å². The van der Waals surface area contributed by atoms with Gasteiger partial charge in [0, 0.05) is 24.2 Å². The molecule has 0 saturated heterocycles. The fourth-order valence-corrected chi connectivity index (χ4v) is 3.87. The quantitative estimate of drug-likeness (QED) is 0.382. The molecule has 0 spiro atoms. The SMILES string of the molecule is CCOC(=O)c1c(Cl)c(C)nn1-c1cc(Nc2nn(C)c(-c3ccc(F)cc3)c2CC)ncn1. The Hall–Kier alpha value is -3.79. The summed E-state index contributed by atoms with van der Waals surface area (Å²) in [5, 5.41) is 12.4. The summed E-state index contributed by atoms with van der Waals surface area (Å²) < 4.78 is 21.6. The van der Waals surface area contributed by atoms with Crippen LogP contribution in [0.4, 0.5) is 16.0 Å². The first-order chi connectivity index (χ1) is 16.3. The lowest BCUT2D eigenvalue weighted by molar-refractivity contribution is 0.0515. The van der Waals surface area contributed by atoms with Gasteiger partial charge in [-0.15, -0.1) is 0 Å². The maximum absolute atomic E-state index is 13.4. The molecule has 0 unspecified atom stereocenters. The number of esters is 1. The maximum Gasteiger partial charge on any atom is 0.358 e. The molecule has 1 aromatic carbocycles. The molecule has 0 radical (unpaired) electrons. The van der Waals surface area contributed by atoms with Crippen LogP contribution in [0.3, 0.4) is 0 Å². The largest absolute Gasteiger partial charge is 0.461 e. The van der Waals surface area contributed by atoms with Gasteiger partial charge in [-0.25, -0.2) is 23.8 Å². The number of aromatic nitrogens is 6. The molecule has 0 bridgehead atoms. The van der Waals surface area contributed by atoms with E-state index in [1.807, 2.05) is 14.0 Å². The molecule has 0 aliphatic carbocycles. The normalized spacial score (nSPS) is 11.0. The first-order valence-electron chi connectivity index (χ1n) is 10.7. The zero-order chi connectivity index (χ0) is 24.4. The van der Waals surface area contributed by atoms with Gasteiger partial charge >= 0.3 is 5.97 Å². The summed E-state index contributed by atoms with van der Waals surface area (Å²) in [4.78, 5) is 21.0. The van der Waals surface area contributed by atoms with Crippen LogP contribution in [0.15, 0.2) is 36.7 Å². The summed E-state index contributed by atoms with van der Waals surface area (Å²) in [5.74, 6) is 0.496. The van der Waals surface area contributed by atoms with Crippen molar-refractivity contribution >= 4 is 29.2 Å². The Morgan fingerprint density at radius 1 is 1.18 bits per heavy atom. The fourth-order valence-electron chi connectivity index (χ4n) is 3.67. The van der Waals surface area contributed by atoms with E-state index in [1.54, 1.807) is 36.7 Å². The molecule has 0 amide bonds. The van der Waals surface area contributed by atoms with E-state index in [1.165, 1.54) is 23.1 Å². The molecule has 3 aromatic heterocycles. The Balaban J connectivity index is 1.71. The number of ether oxygens (including phenoxy) is 1. The number of aryl methyl sites for hydroxylation is 2. The van der Waals surface area contributed by atoms with E-state index < -0.39 is 5.97 Å². The van der Waals surface area contributed by atoms with Crippen LogP contribution < -0.4 is 5.32 Å². The number of hydrogen-bond acceptors (Lipinski definition) is 7. The predicted octanol–water partition coefficient (Wildman–Crippen LogP) is 4.65. The van der Waals surface area contributed by atoms with Crippen LogP contribution in [0.1, 0.15) is 35.6 Å². The number of carbonyl (C=O) groups excluding carboxylic acids is 1. The average Bonchev–Trinajstić information content (AvgIpc) is 3.29. The molecule has 0 saturated carbocycles. The van der Waals surface area contributed by atoms with E-state index in [4.69, 9.17) is 16.3 Å². The second-order valence-corrected chi connectivity index (χ2v) is 7.80. The Labute approximate surface area is 200 Å². The topological polar surface area (TPSA) is 99.8 Å². The molecule has 9 nitrogen and oxygen atoms in total. The van der Waals surface area contributed by atoms with E-state index in [0.29, 0.717) is 29.6 Å². The second-order valence-electron chi connectivity index (χ2n) is 7.43. The first kappa shape index (κ1) is 23.4. The smallest absolute Gasteiger partial charge is 0.358 e. The third kappa shape index (κ3) is 4.36. The molecule has 0 atom stereocenters. The van der Waals surface area contributed by atoms with Crippen molar-refractivity contribution in [3.63, 3.8) is 0 Å². The fraction of sp³-hybridized carbons (Fsp3) is 0.261. The van der Waals surface area contributed by atoms with Crippen molar-refractivity contribution in [2.24, 2.45) is 7.05 Å². The minimum Gasteiger partial charge on any atom is -0.461 e. The van der Waals surface area contributed by atoms with Crippen molar-refractivity contribution in [3.8, 4) is 17.1 Å². The highest BCUT2D eigenvalue weighted by atomic mass is 35.5. The molecule has 34 heavy (non-hydrogen) atoms. The minimum atomic E-state index is -0.594. The number of nitrogens with one attached hydrogen (secondary N) is 1. The zero-order valence-electron chi connectivity index (χ0n) is 19.1. The lowest BCUT2D eigenvalue weighted by Gasteiger charge is -2.09. The third-order valence-electron chi connectivity index (χ3n) is 5.19. The number of nitrogens with zero attached hydrogens (tertiary/aromatic N) is 6. The number of carbonyl (C=O) groups is 1. The lowest BCUT2D eigenvalue weighted by atomic mass is 10.1. The summed E-state index contributed by atoms with van der Waals surface area (Å²) >= 11 is 6.31. The predicted molar refractivity (Wildman–Crippen MR) is 126 cm³/mol. The highest BCUT2D eigenvalue weighted by Crippen LogP contribution is 2.31. The number of rotatable bonds is 7. The van der Waals surface area contributed by atoms with Gasteiger partial charge in [-0.2, -0.15) is 10.2 Å². The Morgan fingerprint density at radius 2 is 1.91 bits per heavy atom. The van der Waals surface area contributed by atoms with Crippen molar-refractivity contribution < 1.29 is 13.9 Å². The van der Waals surface area contributed by atoms with Crippen LogP contribution in [0, 0.1) is 12.7 Å². The minimum absolute atomic E-state index is 0.0938. The number of hydrogen-bond donors (Lipinski definition) is 1. The molecule has 4 rings (SSSR count). The highest BCUT2D eigenvalue weighted by Gasteiger charge is 2.24. The molecule has 3 heterocycles. The zero-order valence-corrected chi connectivity index (χ0v) is 19.9. The maximum atomic E-state index is 13.4. The van der Waals surface area contributed by atoms with E-state index in [9.17, 15) is 9.18 Å². The lowest BCUT2D eigenvalue weighted by Crippen LogP contribution is -2.14. The van der Waals surface area contributed by atoms with E-state index in [2.05, 4.69) is 25.5 Å². The summed E-state index contributed by atoms with van der Waals surface area (Å²) in [7, 11) is 1.83. The summed E-state index contributed by atoms with van der Waals surface area (Å²) in [6.07, 6.45) is 2.04. The molecule has 176 valence electrons. The molecule has 11 heteroatoms. The van der Waals surface area contributed by atoms with Gasteiger partial charge < -0.3 is 10.1 Å². The third-order valence-corrected chi connectivity index (χ3v) is 5.64. The number of anilines is 2. The van der Waals surface area contributed by atoms with Gasteiger partial charge in [0.25, 0.3) is 0 Å². The molecular weight excluding hydrogens is 461 g/mol. The van der Waals surface area contributed by atoms with E-state index in [-0.39, 0.29) is 23.1 Å². The van der Waals surface area contributed by atoms with E-state index in [0.717, 1.165) is 16.8 Å². The Morgan fingerprint density at radius 3 is 2.59 bits per heavy atom. The summed E-state index contributed by atoms with van der Waals surface area (Å²) in [6, 6.07) is 7.92. The summed E-state index contributed by atoms with van der Waals surface area (Å²) in [6.45, 7) is 5.62. The van der Waals surface area contributed by atoms with E-state index >= 15 is 0 Å². The molecule has 0 fully saturated rings. The molecule has 0 aliphatic heterocycles. The Bertz CT molecular complexity index is 1350. The van der Waals surface area contributed by atoms with Crippen molar-refractivity contribution in [1.29, 1.82) is 0 Å².